The Bertz CT molecular complexity index is 705. The van der Waals surface area contributed by atoms with E-state index in [0.29, 0.717) is 12.0 Å². The van der Waals surface area contributed by atoms with E-state index in [-0.39, 0.29) is 0 Å². The van der Waals surface area contributed by atoms with E-state index in [1.54, 1.807) is 5.31 Å². The van der Waals surface area contributed by atoms with E-state index in [1.165, 1.54) is 36.5 Å². The molecule has 2 aromatic rings. The van der Waals surface area contributed by atoms with Crippen LogP contribution in [-0.2, 0) is 0 Å². The molecular formula is C23H26NP. The summed E-state index contributed by atoms with van der Waals surface area (Å²) in [5.41, 5.74) is 0. The summed E-state index contributed by atoms with van der Waals surface area (Å²) in [6.45, 7) is 4.93. The first-order valence-corrected chi connectivity index (χ1v) is 10.7. The van der Waals surface area contributed by atoms with Crippen molar-refractivity contribution < 1.29 is 0 Å². The number of hydrogen-bond donors (Lipinski definition) is 0. The average molecular weight is 347 g/mol. The maximum atomic E-state index is 2.68. The Morgan fingerprint density at radius 1 is 0.880 bits per heavy atom. The van der Waals surface area contributed by atoms with Crippen molar-refractivity contribution in [1.29, 1.82) is 0 Å². The fourth-order valence-electron chi connectivity index (χ4n) is 4.09. The minimum absolute atomic E-state index is 0.466. The predicted molar refractivity (Wildman–Crippen MR) is 110 cm³/mol. The van der Waals surface area contributed by atoms with Gasteiger partial charge in [0.05, 0.1) is 0 Å². The molecule has 128 valence electrons. The van der Waals surface area contributed by atoms with Crippen LogP contribution in [0.3, 0.4) is 0 Å². The monoisotopic (exact) mass is 347 g/mol. The number of nitrogens with zero attached hydrogens (tertiary/aromatic N) is 1. The second-order valence-electron chi connectivity index (χ2n) is 6.99. The molecule has 0 aromatic heterocycles. The molecule has 1 heterocycles. The summed E-state index contributed by atoms with van der Waals surface area (Å²) >= 11 is 0. The van der Waals surface area contributed by atoms with Crippen LogP contribution in [0.1, 0.15) is 19.8 Å². The normalized spacial score (nSPS) is 21.7. The van der Waals surface area contributed by atoms with Crippen molar-refractivity contribution in [3.63, 3.8) is 0 Å². The van der Waals surface area contributed by atoms with Crippen molar-refractivity contribution in [3.8, 4) is 0 Å². The lowest BCUT2D eigenvalue weighted by molar-refractivity contribution is 0.232. The second-order valence-corrected chi connectivity index (χ2v) is 9.21. The highest BCUT2D eigenvalue weighted by molar-refractivity contribution is 7.76. The summed E-state index contributed by atoms with van der Waals surface area (Å²) in [5.74, 6) is 0.532. The molecule has 0 bridgehead atoms. The molecule has 2 atom stereocenters. The molecule has 0 N–H and O–H groups in total. The number of rotatable bonds is 5. The maximum absolute atomic E-state index is 2.68. The highest BCUT2D eigenvalue weighted by Gasteiger charge is 2.32. The van der Waals surface area contributed by atoms with Gasteiger partial charge in [0.2, 0.25) is 0 Å². The van der Waals surface area contributed by atoms with E-state index in [0.717, 1.165) is 0 Å². The topological polar surface area (TPSA) is 3.24 Å². The van der Waals surface area contributed by atoms with Crippen molar-refractivity contribution in [2.75, 3.05) is 13.1 Å². The van der Waals surface area contributed by atoms with Crippen LogP contribution >= 0.6 is 7.92 Å². The van der Waals surface area contributed by atoms with E-state index in [4.69, 9.17) is 0 Å². The van der Waals surface area contributed by atoms with Crippen LogP contribution in [0, 0.1) is 5.92 Å². The van der Waals surface area contributed by atoms with Gasteiger partial charge in [0, 0.05) is 12.0 Å². The molecule has 2 aromatic carbocycles. The van der Waals surface area contributed by atoms with E-state index < -0.39 is 7.92 Å². The number of hydrogen-bond acceptors (Lipinski definition) is 1. The molecule has 1 nitrogen and oxygen atoms in total. The van der Waals surface area contributed by atoms with Crippen molar-refractivity contribution >= 4 is 18.5 Å². The van der Waals surface area contributed by atoms with Gasteiger partial charge in [-0.05, 0) is 56.7 Å². The molecule has 1 aliphatic heterocycles. The van der Waals surface area contributed by atoms with Crippen LogP contribution in [-0.4, -0.2) is 24.0 Å². The first-order valence-electron chi connectivity index (χ1n) is 9.37. The zero-order valence-electron chi connectivity index (χ0n) is 14.9. The Balaban J connectivity index is 1.69. The molecule has 1 saturated heterocycles. The highest BCUT2D eigenvalue weighted by atomic mass is 31.1. The smallest absolute Gasteiger partial charge is 0.0185 e. The van der Waals surface area contributed by atoms with Crippen LogP contribution in [0.5, 0.6) is 0 Å². The van der Waals surface area contributed by atoms with Crippen LogP contribution in [0.15, 0.2) is 84.2 Å². The van der Waals surface area contributed by atoms with Gasteiger partial charge in [-0.2, -0.15) is 0 Å². The number of allylic oxidation sites excluding steroid dienone is 2. The molecule has 0 amide bonds. The molecule has 2 aliphatic rings. The Morgan fingerprint density at radius 3 is 2.00 bits per heavy atom. The van der Waals surface area contributed by atoms with Gasteiger partial charge >= 0.3 is 0 Å². The molecule has 25 heavy (non-hydrogen) atoms. The van der Waals surface area contributed by atoms with Gasteiger partial charge in [-0.3, -0.25) is 4.90 Å². The Kier molecular flexibility index (Phi) is 5.15. The van der Waals surface area contributed by atoms with Gasteiger partial charge in [-0.15, -0.1) is 0 Å². The van der Waals surface area contributed by atoms with Crippen LogP contribution in [0.2, 0.25) is 0 Å². The molecule has 4 rings (SSSR count). The van der Waals surface area contributed by atoms with E-state index in [2.05, 4.69) is 90.7 Å². The molecule has 1 unspecified atom stereocenters. The van der Waals surface area contributed by atoms with E-state index >= 15 is 0 Å². The Labute approximate surface area is 152 Å². The zero-order valence-corrected chi connectivity index (χ0v) is 15.8. The SMILES string of the molecule is C[C@H](C1C=CC=C1P(c1ccccc1)c1ccccc1)N1CCCC1. The third-order valence-corrected chi connectivity index (χ3v) is 8.04. The fraction of sp³-hybridized carbons (Fsp3) is 0.304. The number of benzene rings is 2. The summed E-state index contributed by atoms with van der Waals surface area (Å²) in [6.07, 6.45) is 9.81. The summed E-state index contributed by atoms with van der Waals surface area (Å²) in [5, 5.41) is 4.52. The van der Waals surface area contributed by atoms with Crippen LogP contribution in [0.25, 0.3) is 0 Å². The van der Waals surface area contributed by atoms with Gasteiger partial charge in [0.1, 0.15) is 0 Å². The molecule has 2 heteroatoms. The predicted octanol–water partition coefficient (Wildman–Crippen LogP) is 4.67. The number of likely N-dealkylation sites (tertiary alicyclic amines) is 1. The minimum Gasteiger partial charge on any atom is -0.300 e. The van der Waals surface area contributed by atoms with Crippen molar-refractivity contribution in [2.24, 2.45) is 5.92 Å². The maximum Gasteiger partial charge on any atom is 0.0185 e. The van der Waals surface area contributed by atoms with Crippen LogP contribution in [0.4, 0.5) is 0 Å². The molecule has 0 radical (unpaired) electrons. The first-order chi connectivity index (χ1) is 12.3. The zero-order chi connectivity index (χ0) is 17.1. The summed E-state index contributed by atoms with van der Waals surface area (Å²) < 4.78 is 0. The van der Waals surface area contributed by atoms with Gasteiger partial charge in [-0.25, -0.2) is 0 Å². The lowest BCUT2D eigenvalue weighted by Gasteiger charge is -2.33. The lowest BCUT2D eigenvalue weighted by atomic mass is 10.0. The molecular weight excluding hydrogens is 321 g/mol. The Morgan fingerprint density at radius 2 is 1.44 bits per heavy atom. The molecule has 1 aliphatic carbocycles. The first kappa shape index (κ1) is 16.8. The molecule has 0 spiro atoms. The lowest BCUT2D eigenvalue weighted by Crippen LogP contribution is -2.36. The van der Waals surface area contributed by atoms with Crippen LogP contribution < -0.4 is 10.6 Å². The minimum atomic E-state index is -0.466. The van der Waals surface area contributed by atoms with Crippen molar-refractivity contribution in [2.45, 2.75) is 25.8 Å². The van der Waals surface area contributed by atoms with E-state index in [1.807, 2.05) is 0 Å². The van der Waals surface area contributed by atoms with Gasteiger partial charge in [0.15, 0.2) is 0 Å². The summed E-state index contributed by atoms with van der Waals surface area (Å²) in [7, 11) is -0.466. The average Bonchev–Trinajstić information content (AvgIpc) is 3.36. The van der Waals surface area contributed by atoms with Crippen molar-refractivity contribution in [3.05, 3.63) is 84.2 Å². The fourth-order valence-corrected chi connectivity index (χ4v) is 6.76. The highest BCUT2D eigenvalue weighted by Crippen LogP contribution is 2.50. The largest absolute Gasteiger partial charge is 0.300 e. The summed E-state index contributed by atoms with van der Waals surface area (Å²) in [6, 6.07) is 22.7. The Hall–Kier alpha value is -1.69. The third-order valence-electron chi connectivity index (χ3n) is 5.45. The second kappa shape index (κ2) is 7.68. The standard InChI is InChI=1S/C23H26NP/c1-19(24-17-8-9-18-24)22-15-10-16-23(22)25(20-11-4-2-5-12-20)21-13-6-3-7-14-21/h2-7,10-16,19,22H,8-9,17-18H2,1H3/t19-,22?/m1/s1. The molecule has 1 fully saturated rings. The van der Waals surface area contributed by atoms with Gasteiger partial charge in [-0.1, -0.05) is 78.9 Å². The quantitative estimate of drug-likeness (QED) is 0.710. The summed E-state index contributed by atoms with van der Waals surface area (Å²) in [4.78, 5) is 2.68. The van der Waals surface area contributed by atoms with Gasteiger partial charge < -0.3 is 0 Å². The van der Waals surface area contributed by atoms with Gasteiger partial charge in [0.25, 0.3) is 0 Å². The third kappa shape index (κ3) is 3.50. The van der Waals surface area contributed by atoms with E-state index in [9.17, 15) is 0 Å². The molecule has 0 saturated carbocycles. The van der Waals surface area contributed by atoms with Crippen molar-refractivity contribution in [1.82, 2.24) is 4.90 Å².